The van der Waals surface area contributed by atoms with Crippen LogP contribution in [-0.4, -0.2) is 9.97 Å². The molecule has 0 atom stereocenters. The van der Waals surface area contributed by atoms with E-state index in [1.165, 1.54) is 12.1 Å². The molecule has 0 saturated carbocycles. The van der Waals surface area contributed by atoms with E-state index in [-0.39, 0.29) is 5.39 Å². The summed E-state index contributed by atoms with van der Waals surface area (Å²) in [6.45, 7) is 0.351. The zero-order chi connectivity index (χ0) is 15.0. The van der Waals surface area contributed by atoms with Crippen molar-refractivity contribution >= 4 is 10.9 Å². The minimum Gasteiger partial charge on any atom is -0.353 e. The number of nitrogens with two attached hydrogens (primary N) is 1. The van der Waals surface area contributed by atoms with Gasteiger partial charge in [-0.25, -0.2) is 0 Å². The molecule has 3 rings (SSSR count). The maximum Gasteiger partial charge on any atom is 0.417 e. The standard InChI is InChI=1S/C15H12F3N3/c16-15(17,18)11-2-1-3-12-10(11)7-14(21-12)13-6-9(8-19)4-5-20-13/h1-7,21H,8,19H2. The fourth-order valence-electron chi connectivity index (χ4n) is 2.29. The van der Waals surface area contributed by atoms with Crippen molar-refractivity contribution in [1.29, 1.82) is 0 Å². The van der Waals surface area contributed by atoms with Crippen LogP contribution in [0.15, 0.2) is 42.6 Å². The molecule has 0 aliphatic heterocycles. The maximum atomic E-state index is 13.0. The van der Waals surface area contributed by atoms with Gasteiger partial charge in [0.1, 0.15) is 0 Å². The molecule has 3 N–H and O–H groups in total. The number of nitrogens with zero attached hydrogens (tertiary/aromatic N) is 1. The van der Waals surface area contributed by atoms with Crippen molar-refractivity contribution in [3.63, 3.8) is 0 Å². The topological polar surface area (TPSA) is 54.7 Å². The van der Waals surface area contributed by atoms with Gasteiger partial charge in [0.05, 0.1) is 17.0 Å². The van der Waals surface area contributed by atoms with Crippen LogP contribution in [0, 0.1) is 0 Å². The minimum atomic E-state index is -4.38. The number of pyridine rings is 1. The number of aromatic amines is 1. The molecule has 0 aliphatic rings. The Kier molecular flexibility index (Phi) is 3.17. The summed E-state index contributed by atoms with van der Waals surface area (Å²) in [6.07, 6.45) is -2.79. The Bertz CT molecular complexity index is 790. The van der Waals surface area contributed by atoms with E-state index >= 15 is 0 Å². The van der Waals surface area contributed by atoms with Gasteiger partial charge in [-0.15, -0.1) is 0 Å². The van der Waals surface area contributed by atoms with E-state index in [1.807, 2.05) is 0 Å². The third kappa shape index (κ3) is 2.50. The highest BCUT2D eigenvalue weighted by molar-refractivity contribution is 5.88. The molecule has 1 aromatic carbocycles. The second-order valence-corrected chi connectivity index (χ2v) is 4.70. The molecular weight excluding hydrogens is 279 g/mol. The van der Waals surface area contributed by atoms with Crippen molar-refractivity contribution in [3.05, 3.63) is 53.7 Å². The van der Waals surface area contributed by atoms with Crippen LogP contribution in [0.1, 0.15) is 11.1 Å². The first-order chi connectivity index (χ1) is 9.99. The van der Waals surface area contributed by atoms with Gasteiger partial charge in [-0.1, -0.05) is 6.07 Å². The number of aromatic nitrogens is 2. The summed E-state index contributed by atoms with van der Waals surface area (Å²) < 4.78 is 39.0. The highest BCUT2D eigenvalue weighted by Crippen LogP contribution is 2.36. The number of halogens is 3. The lowest BCUT2D eigenvalue weighted by Gasteiger charge is -2.06. The van der Waals surface area contributed by atoms with E-state index in [0.29, 0.717) is 23.4 Å². The van der Waals surface area contributed by atoms with Crippen LogP contribution >= 0.6 is 0 Å². The second kappa shape index (κ2) is 4.89. The van der Waals surface area contributed by atoms with Crippen LogP contribution in [0.25, 0.3) is 22.3 Å². The summed E-state index contributed by atoms with van der Waals surface area (Å²) in [7, 11) is 0. The normalized spacial score (nSPS) is 12.0. The molecule has 3 nitrogen and oxygen atoms in total. The highest BCUT2D eigenvalue weighted by Gasteiger charge is 2.32. The maximum absolute atomic E-state index is 13.0. The largest absolute Gasteiger partial charge is 0.417 e. The van der Waals surface area contributed by atoms with Gasteiger partial charge in [0.2, 0.25) is 0 Å². The van der Waals surface area contributed by atoms with Crippen LogP contribution < -0.4 is 5.73 Å². The first kappa shape index (κ1) is 13.6. The number of nitrogens with one attached hydrogen (secondary N) is 1. The van der Waals surface area contributed by atoms with Crippen molar-refractivity contribution < 1.29 is 13.2 Å². The van der Waals surface area contributed by atoms with E-state index < -0.39 is 11.7 Å². The fraction of sp³-hybridized carbons (Fsp3) is 0.133. The Labute approximate surface area is 118 Å². The summed E-state index contributed by atoms with van der Waals surface area (Å²) in [5, 5.41) is 0.139. The Morgan fingerprint density at radius 3 is 2.67 bits per heavy atom. The van der Waals surface area contributed by atoms with E-state index in [4.69, 9.17) is 5.73 Å². The summed E-state index contributed by atoms with van der Waals surface area (Å²) in [5.41, 5.74) is 7.32. The molecule has 0 amide bonds. The molecule has 2 heterocycles. The monoisotopic (exact) mass is 291 g/mol. The predicted octanol–water partition coefficient (Wildman–Crippen LogP) is 3.71. The molecule has 0 spiro atoms. The number of hydrogen-bond donors (Lipinski definition) is 2. The number of H-pyrrole nitrogens is 1. The van der Waals surface area contributed by atoms with Crippen LogP contribution in [0.2, 0.25) is 0 Å². The summed E-state index contributed by atoms with van der Waals surface area (Å²) in [6, 6.07) is 9.08. The van der Waals surface area contributed by atoms with Crippen LogP contribution in [0.3, 0.4) is 0 Å². The number of benzene rings is 1. The first-order valence-corrected chi connectivity index (χ1v) is 6.33. The van der Waals surface area contributed by atoms with E-state index in [0.717, 1.165) is 11.6 Å². The minimum absolute atomic E-state index is 0.139. The van der Waals surface area contributed by atoms with Gasteiger partial charge < -0.3 is 10.7 Å². The van der Waals surface area contributed by atoms with E-state index in [1.54, 1.807) is 24.4 Å². The number of alkyl halides is 3. The Hall–Kier alpha value is -2.34. The fourth-order valence-corrected chi connectivity index (χ4v) is 2.29. The van der Waals surface area contributed by atoms with Crippen molar-refractivity contribution in [2.75, 3.05) is 0 Å². The molecule has 108 valence electrons. The number of hydrogen-bond acceptors (Lipinski definition) is 2. The summed E-state index contributed by atoms with van der Waals surface area (Å²) >= 11 is 0. The summed E-state index contributed by atoms with van der Waals surface area (Å²) in [5.74, 6) is 0. The zero-order valence-corrected chi connectivity index (χ0v) is 10.9. The van der Waals surface area contributed by atoms with Gasteiger partial charge in [-0.05, 0) is 35.9 Å². The molecule has 0 unspecified atom stereocenters. The average Bonchev–Trinajstić information content (AvgIpc) is 2.90. The Balaban J connectivity index is 2.17. The number of rotatable bonds is 2. The third-order valence-corrected chi connectivity index (χ3v) is 3.31. The van der Waals surface area contributed by atoms with Crippen molar-refractivity contribution in [3.8, 4) is 11.4 Å². The molecule has 6 heteroatoms. The van der Waals surface area contributed by atoms with Gasteiger partial charge in [0.15, 0.2) is 0 Å². The van der Waals surface area contributed by atoms with Crippen molar-refractivity contribution in [1.82, 2.24) is 9.97 Å². The quantitative estimate of drug-likeness (QED) is 0.756. The van der Waals surface area contributed by atoms with E-state index in [2.05, 4.69) is 9.97 Å². The molecule has 0 aliphatic carbocycles. The molecule has 0 bridgehead atoms. The third-order valence-electron chi connectivity index (χ3n) is 3.31. The molecule has 0 fully saturated rings. The van der Waals surface area contributed by atoms with Gasteiger partial charge in [-0.2, -0.15) is 13.2 Å². The first-order valence-electron chi connectivity index (χ1n) is 6.33. The van der Waals surface area contributed by atoms with Gasteiger partial charge >= 0.3 is 6.18 Å². The zero-order valence-electron chi connectivity index (χ0n) is 10.9. The lowest BCUT2D eigenvalue weighted by Crippen LogP contribution is -2.04. The molecule has 0 saturated heterocycles. The molecule has 3 aromatic rings. The molecule has 21 heavy (non-hydrogen) atoms. The summed E-state index contributed by atoms with van der Waals surface area (Å²) in [4.78, 5) is 7.15. The molecule has 2 aromatic heterocycles. The van der Waals surface area contributed by atoms with Crippen molar-refractivity contribution in [2.24, 2.45) is 5.73 Å². The smallest absolute Gasteiger partial charge is 0.353 e. The highest BCUT2D eigenvalue weighted by atomic mass is 19.4. The number of fused-ring (bicyclic) bond motifs is 1. The van der Waals surface area contributed by atoms with E-state index in [9.17, 15) is 13.2 Å². The van der Waals surface area contributed by atoms with Crippen LogP contribution in [0.5, 0.6) is 0 Å². The Morgan fingerprint density at radius 1 is 1.14 bits per heavy atom. The van der Waals surface area contributed by atoms with Gasteiger partial charge in [-0.3, -0.25) is 4.98 Å². The lowest BCUT2D eigenvalue weighted by atomic mass is 10.1. The van der Waals surface area contributed by atoms with Crippen molar-refractivity contribution in [2.45, 2.75) is 12.7 Å². The second-order valence-electron chi connectivity index (χ2n) is 4.70. The van der Waals surface area contributed by atoms with Crippen LogP contribution in [0.4, 0.5) is 13.2 Å². The van der Waals surface area contributed by atoms with Crippen LogP contribution in [-0.2, 0) is 12.7 Å². The SMILES string of the molecule is NCc1ccnc(-c2cc3c(C(F)(F)F)cccc3[nH]2)c1. The molecular formula is C15H12F3N3. The predicted molar refractivity (Wildman–Crippen MR) is 74.4 cm³/mol. The average molecular weight is 291 g/mol. The lowest BCUT2D eigenvalue weighted by molar-refractivity contribution is -0.136. The van der Waals surface area contributed by atoms with Gasteiger partial charge in [0.25, 0.3) is 0 Å². The molecule has 0 radical (unpaired) electrons. The van der Waals surface area contributed by atoms with Gasteiger partial charge in [0, 0.05) is 23.6 Å². The Morgan fingerprint density at radius 2 is 1.95 bits per heavy atom.